The van der Waals surface area contributed by atoms with Crippen molar-refractivity contribution in [2.75, 3.05) is 13.2 Å². The molecule has 1 atom stereocenters. The molecule has 33 heavy (non-hydrogen) atoms. The van der Waals surface area contributed by atoms with E-state index in [1.165, 1.54) is 0 Å². The molecule has 1 unspecified atom stereocenters. The molecule has 0 saturated carbocycles. The van der Waals surface area contributed by atoms with E-state index in [-0.39, 0.29) is 6.61 Å². The second-order valence-corrected chi connectivity index (χ2v) is 11.1. The molecule has 0 radical (unpaired) electrons. The lowest BCUT2D eigenvalue weighted by atomic mass is 9.93. The van der Waals surface area contributed by atoms with E-state index in [2.05, 4.69) is 17.9 Å². The van der Waals surface area contributed by atoms with Crippen molar-refractivity contribution in [1.82, 2.24) is 0 Å². The van der Waals surface area contributed by atoms with Gasteiger partial charge in [-0.15, -0.1) is 11.3 Å². The lowest BCUT2D eigenvalue weighted by Crippen LogP contribution is -2.29. The van der Waals surface area contributed by atoms with Crippen LogP contribution in [-0.4, -0.2) is 30.3 Å². The molecule has 0 aliphatic carbocycles. The predicted molar refractivity (Wildman–Crippen MR) is 134 cm³/mol. The second kappa shape index (κ2) is 9.89. The zero-order valence-electron chi connectivity index (χ0n) is 20.8. The molecule has 5 nitrogen and oxygen atoms in total. The maximum atomic E-state index is 13.1. The Kier molecular flexibility index (Phi) is 7.58. The number of hydrogen-bond acceptors (Lipinski definition) is 6. The number of esters is 1. The Labute approximate surface area is 201 Å². The minimum absolute atomic E-state index is 0.283. The van der Waals surface area contributed by atoms with Crippen LogP contribution in [0.25, 0.3) is 11.1 Å². The summed E-state index contributed by atoms with van der Waals surface area (Å²) in [6.07, 6.45) is 1.08. The summed E-state index contributed by atoms with van der Waals surface area (Å²) in [5.74, 6) is 6.96. The summed E-state index contributed by atoms with van der Waals surface area (Å²) in [6, 6.07) is 6.19. The van der Waals surface area contributed by atoms with E-state index in [0.717, 1.165) is 57.2 Å². The summed E-state index contributed by atoms with van der Waals surface area (Å²) in [6.45, 7) is 14.4. The number of hydrogen-bond donors (Lipinski definition) is 1. The van der Waals surface area contributed by atoms with E-state index >= 15 is 0 Å². The van der Waals surface area contributed by atoms with Crippen LogP contribution in [0.4, 0.5) is 0 Å². The van der Waals surface area contributed by atoms with Gasteiger partial charge in [0.1, 0.15) is 5.75 Å². The van der Waals surface area contributed by atoms with Crippen molar-refractivity contribution < 1.29 is 19.0 Å². The first kappa shape index (κ1) is 25.3. The quantitative estimate of drug-likeness (QED) is 0.459. The molecule has 0 fully saturated rings. The average Bonchev–Trinajstić information content (AvgIpc) is 3.05. The molecule has 1 aliphatic rings. The van der Waals surface area contributed by atoms with Crippen molar-refractivity contribution in [2.45, 2.75) is 78.6 Å². The summed E-state index contributed by atoms with van der Waals surface area (Å²) < 4.78 is 17.5. The number of thiophene rings is 1. The molecule has 6 heteroatoms. The van der Waals surface area contributed by atoms with Crippen LogP contribution in [0.5, 0.6) is 5.75 Å². The molecule has 3 rings (SSSR count). The summed E-state index contributed by atoms with van der Waals surface area (Å²) in [7, 11) is 0. The highest BCUT2D eigenvalue weighted by molar-refractivity contribution is 7.13. The lowest BCUT2D eigenvalue weighted by molar-refractivity contribution is -0.166. The molecular formula is C27H35NO4S. The Balaban J connectivity index is 2.25. The third kappa shape index (κ3) is 6.38. The van der Waals surface area contributed by atoms with E-state index in [0.29, 0.717) is 0 Å². The number of rotatable bonds is 5. The molecule has 0 spiro atoms. The monoisotopic (exact) mass is 469 g/mol. The third-order valence-corrected chi connectivity index (χ3v) is 6.10. The van der Waals surface area contributed by atoms with Gasteiger partial charge in [-0.3, -0.25) is 0 Å². The number of fused-ring (bicyclic) bond motifs is 1. The Bertz CT molecular complexity index is 1080. The highest BCUT2D eigenvalue weighted by Gasteiger charge is 2.34. The van der Waals surface area contributed by atoms with Crippen molar-refractivity contribution in [1.29, 1.82) is 0 Å². The van der Waals surface area contributed by atoms with Gasteiger partial charge in [0.25, 0.3) is 0 Å². The van der Waals surface area contributed by atoms with Crippen molar-refractivity contribution in [3.8, 4) is 28.7 Å². The normalized spacial score (nSPS) is 14.5. The number of carbonyl (C=O) groups is 1. The van der Waals surface area contributed by atoms with Gasteiger partial charge in [0.15, 0.2) is 6.10 Å². The van der Waals surface area contributed by atoms with Crippen molar-refractivity contribution in [3.63, 3.8) is 0 Å². The number of ether oxygens (including phenoxy) is 3. The maximum absolute atomic E-state index is 13.1. The minimum atomic E-state index is -0.857. The standard InChI is InChI=1S/C27H35NO4S/c1-8-30-25(29)24(32-26(3,4)5)22-17(2)33-21(13-14-27(6,7)28)23(22)19-11-12-20-18(16-19)10-9-15-31-20/h11-12,16,24H,8-10,15,28H2,1-7H3. The van der Waals surface area contributed by atoms with Gasteiger partial charge in [0.05, 0.1) is 29.2 Å². The molecular weight excluding hydrogens is 434 g/mol. The van der Waals surface area contributed by atoms with E-state index in [4.69, 9.17) is 19.9 Å². The van der Waals surface area contributed by atoms with Crippen LogP contribution in [0, 0.1) is 18.8 Å². The van der Waals surface area contributed by atoms with Crippen molar-refractivity contribution in [2.24, 2.45) is 5.73 Å². The summed E-state index contributed by atoms with van der Waals surface area (Å²) in [5, 5.41) is 0. The van der Waals surface area contributed by atoms with Gasteiger partial charge in [-0.1, -0.05) is 17.9 Å². The van der Waals surface area contributed by atoms with Crippen LogP contribution in [0.15, 0.2) is 18.2 Å². The van der Waals surface area contributed by atoms with Gasteiger partial charge >= 0.3 is 5.97 Å². The largest absolute Gasteiger partial charge is 0.493 e. The molecule has 2 heterocycles. The Morgan fingerprint density at radius 1 is 1.27 bits per heavy atom. The van der Waals surface area contributed by atoms with Crippen molar-refractivity contribution in [3.05, 3.63) is 39.1 Å². The molecule has 1 aromatic heterocycles. The van der Waals surface area contributed by atoms with Gasteiger partial charge in [0, 0.05) is 16.0 Å². The van der Waals surface area contributed by atoms with Gasteiger partial charge in [0.2, 0.25) is 0 Å². The van der Waals surface area contributed by atoms with Gasteiger partial charge < -0.3 is 19.9 Å². The van der Waals surface area contributed by atoms with E-state index in [1.54, 1.807) is 18.3 Å². The van der Waals surface area contributed by atoms with Gasteiger partial charge in [-0.25, -0.2) is 4.79 Å². The summed E-state index contributed by atoms with van der Waals surface area (Å²) >= 11 is 1.56. The Morgan fingerprint density at radius 3 is 2.64 bits per heavy atom. The molecule has 1 aliphatic heterocycles. The second-order valence-electron chi connectivity index (χ2n) is 9.88. The highest BCUT2D eigenvalue weighted by Crippen LogP contribution is 2.44. The fraction of sp³-hybridized carbons (Fsp3) is 0.519. The summed E-state index contributed by atoms with van der Waals surface area (Å²) in [4.78, 5) is 14.9. The smallest absolute Gasteiger partial charge is 0.340 e. The van der Waals surface area contributed by atoms with E-state index < -0.39 is 23.2 Å². The fourth-order valence-electron chi connectivity index (χ4n) is 3.78. The van der Waals surface area contributed by atoms with E-state index in [1.807, 2.05) is 53.7 Å². The van der Waals surface area contributed by atoms with Crippen LogP contribution < -0.4 is 10.5 Å². The first-order chi connectivity index (χ1) is 15.4. The van der Waals surface area contributed by atoms with Crippen LogP contribution in [0.1, 0.15) is 74.9 Å². The number of nitrogens with two attached hydrogens (primary N) is 1. The molecule has 1 aromatic carbocycles. The SMILES string of the molecule is CCOC(=O)C(OC(C)(C)C)c1c(C)sc(C#CC(C)(C)N)c1-c1ccc2c(c1)CCCO2. The van der Waals surface area contributed by atoms with Crippen LogP contribution in [-0.2, 0) is 20.7 Å². The minimum Gasteiger partial charge on any atom is -0.493 e. The number of benzene rings is 1. The molecule has 0 amide bonds. The molecule has 178 valence electrons. The fourth-order valence-corrected chi connectivity index (χ4v) is 4.84. The van der Waals surface area contributed by atoms with Crippen LogP contribution in [0.2, 0.25) is 0 Å². The molecule has 2 aromatic rings. The maximum Gasteiger partial charge on any atom is 0.340 e. The number of aryl methyl sites for hydroxylation is 2. The average molecular weight is 470 g/mol. The topological polar surface area (TPSA) is 70.8 Å². The first-order valence-electron chi connectivity index (χ1n) is 11.5. The van der Waals surface area contributed by atoms with Crippen molar-refractivity contribution >= 4 is 17.3 Å². The predicted octanol–water partition coefficient (Wildman–Crippen LogP) is 5.56. The summed E-state index contributed by atoms with van der Waals surface area (Å²) in [5.41, 5.74) is 8.84. The van der Waals surface area contributed by atoms with Crippen LogP contribution in [0.3, 0.4) is 0 Å². The van der Waals surface area contributed by atoms with E-state index in [9.17, 15) is 4.79 Å². The Morgan fingerprint density at radius 2 is 2.00 bits per heavy atom. The van der Waals surface area contributed by atoms with Gasteiger partial charge in [-0.05, 0) is 84.6 Å². The third-order valence-electron chi connectivity index (χ3n) is 5.06. The van der Waals surface area contributed by atoms with Gasteiger partial charge in [-0.2, -0.15) is 0 Å². The molecule has 0 bridgehead atoms. The Hall–Kier alpha value is -2.33. The zero-order chi connectivity index (χ0) is 24.4. The highest BCUT2D eigenvalue weighted by atomic mass is 32.1. The lowest BCUT2D eigenvalue weighted by Gasteiger charge is -2.27. The first-order valence-corrected chi connectivity index (χ1v) is 12.3. The molecule has 0 saturated heterocycles. The number of carbonyl (C=O) groups excluding carboxylic acids is 1. The zero-order valence-corrected chi connectivity index (χ0v) is 21.6. The molecule has 2 N–H and O–H groups in total. The van der Waals surface area contributed by atoms with Crippen LogP contribution >= 0.6 is 11.3 Å².